The van der Waals surface area contributed by atoms with Crippen LogP contribution in [0, 0.1) is 5.41 Å². The molecule has 0 saturated carbocycles. The molecule has 1 amide bonds. The highest BCUT2D eigenvalue weighted by atomic mass is 16.5. The fourth-order valence-electron chi connectivity index (χ4n) is 1.79. The summed E-state index contributed by atoms with van der Waals surface area (Å²) in [5.74, 6) is -1.06. The van der Waals surface area contributed by atoms with Crippen LogP contribution in [-0.4, -0.2) is 47.2 Å². The molecule has 0 radical (unpaired) electrons. The highest BCUT2D eigenvalue weighted by Crippen LogP contribution is 2.24. The zero-order valence-corrected chi connectivity index (χ0v) is 10.9. The van der Waals surface area contributed by atoms with E-state index in [0.29, 0.717) is 19.7 Å². The van der Waals surface area contributed by atoms with Crippen molar-refractivity contribution in [1.29, 1.82) is 0 Å². The molecule has 0 bridgehead atoms. The molecule has 0 atom stereocenters. The fraction of sp³-hybridized carbons (Fsp3) is 0.833. The van der Waals surface area contributed by atoms with Crippen molar-refractivity contribution in [3.8, 4) is 0 Å². The van der Waals surface area contributed by atoms with Gasteiger partial charge in [-0.15, -0.1) is 0 Å². The molecule has 17 heavy (non-hydrogen) atoms. The largest absolute Gasteiger partial charge is 0.481 e. The van der Waals surface area contributed by atoms with Crippen LogP contribution < -0.4 is 0 Å². The van der Waals surface area contributed by atoms with E-state index in [2.05, 4.69) is 0 Å². The number of carbonyl (C=O) groups is 2. The van der Waals surface area contributed by atoms with Crippen LogP contribution in [0.1, 0.15) is 34.1 Å². The van der Waals surface area contributed by atoms with Gasteiger partial charge in [0, 0.05) is 19.5 Å². The molecule has 0 unspecified atom stereocenters. The first-order valence-electron chi connectivity index (χ1n) is 5.79. The molecule has 1 heterocycles. The molecule has 0 aromatic carbocycles. The van der Waals surface area contributed by atoms with Gasteiger partial charge in [-0.1, -0.05) is 0 Å². The molecule has 0 spiro atoms. The lowest BCUT2D eigenvalue weighted by Crippen LogP contribution is -2.51. The second-order valence-corrected chi connectivity index (χ2v) is 5.79. The lowest BCUT2D eigenvalue weighted by atomic mass is 9.88. The molecule has 5 heteroatoms. The number of hydrogen-bond acceptors (Lipinski definition) is 3. The van der Waals surface area contributed by atoms with Crippen LogP contribution in [0.15, 0.2) is 0 Å². The van der Waals surface area contributed by atoms with E-state index in [9.17, 15) is 9.59 Å². The smallest absolute Gasteiger partial charge is 0.309 e. The Morgan fingerprint density at radius 3 is 2.47 bits per heavy atom. The zero-order valence-electron chi connectivity index (χ0n) is 10.9. The third-order valence-corrected chi connectivity index (χ3v) is 2.95. The Morgan fingerprint density at radius 1 is 1.41 bits per heavy atom. The third-order valence-electron chi connectivity index (χ3n) is 2.95. The van der Waals surface area contributed by atoms with Crippen molar-refractivity contribution in [1.82, 2.24) is 4.90 Å². The van der Waals surface area contributed by atoms with Crippen LogP contribution in [0.3, 0.4) is 0 Å². The van der Waals surface area contributed by atoms with Gasteiger partial charge >= 0.3 is 5.97 Å². The molecule has 1 fully saturated rings. The van der Waals surface area contributed by atoms with Crippen molar-refractivity contribution in [2.45, 2.75) is 39.7 Å². The maximum absolute atomic E-state index is 12.0. The molecule has 1 aliphatic heterocycles. The SMILES string of the molecule is CC1(C)CN(C(=O)CC(C)(C)C(=O)O)CCO1. The predicted octanol–water partition coefficient (Wildman–Crippen LogP) is 1.12. The van der Waals surface area contributed by atoms with Crippen LogP contribution in [0.25, 0.3) is 0 Å². The predicted molar refractivity (Wildman–Crippen MR) is 62.6 cm³/mol. The minimum atomic E-state index is -1.01. The second-order valence-electron chi connectivity index (χ2n) is 5.79. The highest BCUT2D eigenvalue weighted by molar-refractivity contribution is 5.84. The number of amides is 1. The third kappa shape index (κ3) is 3.70. The Balaban J connectivity index is 2.62. The standard InChI is InChI=1S/C12H21NO4/c1-11(2,10(15)16)7-9(14)13-5-6-17-12(3,4)8-13/h5-8H2,1-4H3,(H,15,16). The average Bonchev–Trinajstić information content (AvgIpc) is 2.15. The number of nitrogens with zero attached hydrogens (tertiary/aromatic N) is 1. The van der Waals surface area contributed by atoms with E-state index < -0.39 is 11.4 Å². The number of carbonyl (C=O) groups excluding carboxylic acids is 1. The van der Waals surface area contributed by atoms with Crippen molar-refractivity contribution in [2.24, 2.45) is 5.41 Å². The monoisotopic (exact) mass is 243 g/mol. The maximum atomic E-state index is 12.0. The van der Waals surface area contributed by atoms with Gasteiger partial charge in [-0.3, -0.25) is 9.59 Å². The number of rotatable bonds is 3. The quantitative estimate of drug-likeness (QED) is 0.806. The summed E-state index contributed by atoms with van der Waals surface area (Å²) in [5, 5.41) is 9.00. The number of carboxylic acid groups (broad SMARTS) is 1. The van der Waals surface area contributed by atoms with Crippen molar-refractivity contribution in [3.05, 3.63) is 0 Å². The lowest BCUT2D eigenvalue weighted by Gasteiger charge is -2.39. The molecule has 5 nitrogen and oxygen atoms in total. The normalized spacial score (nSPS) is 20.1. The average molecular weight is 243 g/mol. The molecule has 98 valence electrons. The van der Waals surface area contributed by atoms with Crippen LogP contribution in [-0.2, 0) is 14.3 Å². The van der Waals surface area contributed by atoms with Crippen LogP contribution >= 0.6 is 0 Å². The topological polar surface area (TPSA) is 66.8 Å². The molecular weight excluding hydrogens is 222 g/mol. The highest BCUT2D eigenvalue weighted by Gasteiger charge is 2.35. The fourth-order valence-corrected chi connectivity index (χ4v) is 1.79. The van der Waals surface area contributed by atoms with Crippen molar-refractivity contribution >= 4 is 11.9 Å². The summed E-state index contributed by atoms with van der Waals surface area (Å²) < 4.78 is 5.51. The molecule has 1 N–H and O–H groups in total. The van der Waals surface area contributed by atoms with Gasteiger partial charge in [0.15, 0.2) is 0 Å². The number of ether oxygens (including phenoxy) is 1. The Hall–Kier alpha value is -1.10. The van der Waals surface area contributed by atoms with Crippen molar-refractivity contribution < 1.29 is 19.4 Å². The maximum Gasteiger partial charge on any atom is 0.309 e. The van der Waals surface area contributed by atoms with E-state index >= 15 is 0 Å². The van der Waals surface area contributed by atoms with Gasteiger partial charge in [0.2, 0.25) is 5.91 Å². The summed E-state index contributed by atoms with van der Waals surface area (Å²) in [4.78, 5) is 24.7. The van der Waals surface area contributed by atoms with Gasteiger partial charge in [0.25, 0.3) is 0 Å². The molecule has 0 aliphatic carbocycles. The number of carboxylic acids is 1. The van der Waals surface area contributed by atoms with Crippen LogP contribution in [0.2, 0.25) is 0 Å². The summed E-state index contributed by atoms with van der Waals surface area (Å²) in [6.07, 6.45) is 0.0262. The van der Waals surface area contributed by atoms with Gasteiger partial charge in [-0.05, 0) is 27.7 Å². The molecule has 1 rings (SSSR count). The number of aliphatic carboxylic acids is 1. The van der Waals surface area contributed by atoms with E-state index in [0.717, 1.165) is 0 Å². The summed E-state index contributed by atoms with van der Waals surface area (Å²) in [6.45, 7) is 8.55. The Bertz CT molecular complexity index is 322. The molecule has 1 aliphatic rings. The van der Waals surface area contributed by atoms with Crippen molar-refractivity contribution in [3.63, 3.8) is 0 Å². The number of morpholine rings is 1. The van der Waals surface area contributed by atoms with Crippen molar-refractivity contribution in [2.75, 3.05) is 19.7 Å². The molecular formula is C12H21NO4. The van der Waals surface area contributed by atoms with Gasteiger partial charge in [0.1, 0.15) is 0 Å². The van der Waals surface area contributed by atoms with E-state index in [-0.39, 0.29) is 17.9 Å². The molecule has 1 saturated heterocycles. The minimum Gasteiger partial charge on any atom is -0.481 e. The lowest BCUT2D eigenvalue weighted by molar-refractivity contribution is -0.156. The zero-order chi connectivity index (χ0) is 13.3. The number of hydrogen-bond donors (Lipinski definition) is 1. The minimum absolute atomic E-state index is 0.0262. The van der Waals surface area contributed by atoms with E-state index in [1.54, 1.807) is 18.7 Å². The summed E-state index contributed by atoms with van der Waals surface area (Å²) >= 11 is 0. The molecule has 0 aromatic rings. The molecule has 0 aromatic heterocycles. The van der Waals surface area contributed by atoms with Gasteiger partial charge < -0.3 is 14.7 Å². The van der Waals surface area contributed by atoms with Gasteiger partial charge in [-0.25, -0.2) is 0 Å². The van der Waals surface area contributed by atoms with Gasteiger partial charge in [-0.2, -0.15) is 0 Å². The van der Waals surface area contributed by atoms with E-state index in [1.807, 2.05) is 13.8 Å². The summed E-state index contributed by atoms with van der Waals surface area (Å²) in [6, 6.07) is 0. The summed E-state index contributed by atoms with van der Waals surface area (Å²) in [7, 11) is 0. The van der Waals surface area contributed by atoms with E-state index in [1.165, 1.54) is 0 Å². The first kappa shape index (κ1) is 14.0. The van der Waals surface area contributed by atoms with Gasteiger partial charge in [0.05, 0.1) is 17.6 Å². The second kappa shape index (κ2) is 4.64. The first-order valence-corrected chi connectivity index (χ1v) is 5.79. The Morgan fingerprint density at radius 2 is 2.00 bits per heavy atom. The van der Waals surface area contributed by atoms with Crippen LogP contribution in [0.5, 0.6) is 0 Å². The Labute approximate surface area is 102 Å². The first-order chi connectivity index (χ1) is 7.64. The summed E-state index contributed by atoms with van der Waals surface area (Å²) in [5.41, 5.74) is -1.36. The van der Waals surface area contributed by atoms with Crippen LogP contribution in [0.4, 0.5) is 0 Å². The van der Waals surface area contributed by atoms with E-state index in [4.69, 9.17) is 9.84 Å². The Kier molecular flexibility index (Phi) is 3.81.